The lowest BCUT2D eigenvalue weighted by Crippen LogP contribution is -1.96. The third-order valence-corrected chi connectivity index (χ3v) is 2.19. The molecular weight excluding hydrogens is 208 g/mol. The zero-order chi connectivity index (χ0) is 13.3. The van der Waals surface area contributed by atoms with Gasteiger partial charge in [-0.3, -0.25) is 0 Å². The Labute approximate surface area is 105 Å². The largest absolute Gasteiger partial charge is 0.457 e. The Morgan fingerprint density at radius 3 is 2.18 bits per heavy atom. The lowest BCUT2D eigenvalue weighted by atomic mass is 10.2. The van der Waals surface area contributed by atoms with E-state index in [1.54, 1.807) is 12.2 Å². The molecule has 0 aliphatic heterocycles. The molecule has 0 unspecified atom stereocenters. The minimum Gasteiger partial charge on any atom is -0.457 e. The van der Waals surface area contributed by atoms with Crippen LogP contribution in [0.1, 0.15) is 26.3 Å². The maximum Gasteiger partial charge on any atom is 0.130 e. The Kier molecular flexibility index (Phi) is 7.53. The number of hydrogen-bond acceptors (Lipinski definition) is 1. The summed E-state index contributed by atoms with van der Waals surface area (Å²) >= 11 is 0. The molecule has 0 atom stereocenters. The Bertz CT molecular complexity index is 400. The van der Waals surface area contributed by atoms with Crippen LogP contribution < -0.4 is 4.74 Å². The normalized spacial score (nSPS) is 10.6. The molecule has 92 valence electrons. The fourth-order valence-electron chi connectivity index (χ4n) is 1.17. The summed E-state index contributed by atoms with van der Waals surface area (Å²) in [5.74, 6) is 1.60. The lowest BCUT2D eigenvalue weighted by molar-refractivity contribution is 0.437. The van der Waals surface area contributed by atoms with Gasteiger partial charge < -0.3 is 4.74 Å². The fraction of sp³-hybridized carbons (Fsp3) is 0.250. The van der Waals surface area contributed by atoms with Gasteiger partial charge in [-0.2, -0.15) is 0 Å². The summed E-state index contributed by atoms with van der Waals surface area (Å²) in [4.78, 5) is 0. The number of rotatable bonds is 4. The minimum atomic E-state index is 0.749. The van der Waals surface area contributed by atoms with E-state index in [1.807, 2.05) is 52.0 Å². The zero-order valence-corrected chi connectivity index (χ0v) is 11.3. The third-order valence-electron chi connectivity index (χ3n) is 2.19. The van der Waals surface area contributed by atoms with Crippen LogP contribution in [0.25, 0.3) is 0 Å². The summed E-state index contributed by atoms with van der Waals surface area (Å²) in [6, 6.07) is 7.89. The highest BCUT2D eigenvalue weighted by molar-refractivity contribution is 5.36. The van der Waals surface area contributed by atoms with Gasteiger partial charge in [0.15, 0.2) is 0 Å². The van der Waals surface area contributed by atoms with Crippen molar-refractivity contribution in [3.05, 3.63) is 66.5 Å². The third kappa shape index (κ3) is 4.73. The first kappa shape index (κ1) is 15.2. The Morgan fingerprint density at radius 2 is 1.71 bits per heavy atom. The van der Waals surface area contributed by atoms with E-state index in [-0.39, 0.29) is 0 Å². The van der Waals surface area contributed by atoms with Crippen LogP contribution in [-0.4, -0.2) is 0 Å². The van der Waals surface area contributed by atoms with Crippen LogP contribution in [0.5, 0.6) is 5.75 Å². The highest BCUT2D eigenvalue weighted by Gasteiger charge is 2.01. The van der Waals surface area contributed by atoms with E-state index in [0.717, 1.165) is 22.6 Å². The van der Waals surface area contributed by atoms with Crippen molar-refractivity contribution in [3.63, 3.8) is 0 Å². The van der Waals surface area contributed by atoms with Crippen LogP contribution in [0.15, 0.2) is 60.9 Å². The number of aryl methyl sites for hydroxylation is 1. The van der Waals surface area contributed by atoms with Crippen molar-refractivity contribution < 1.29 is 4.74 Å². The highest BCUT2D eigenvalue weighted by Crippen LogP contribution is 2.20. The van der Waals surface area contributed by atoms with E-state index in [1.165, 1.54) is 0 Å². The second-order valence-electron chi connectivity index (χ2n) is 3.32. The van der Waals surface area contributed by atoms with Gasteiger partial charge in [-0.1, -0.05) is 51.3 Å². The highest BCUT2D eigenvalue weighted by atomic mass is 16.5. The summed E-state index contributed by atoms with van der Waals surface area (Å²) in [6.45, 7) is 15.4. The van der Waals surface area contributed by atoms with Gasteiger partial charge in [0.25, 0.3) is 0 Å². The summed E-state index contributed by atoms with van der Waals surface area (Å²) in [5, 5.41) is 0. The molecule has 0 N–H and O–H groups in total. The van der Waals surface area contributed by atoms with Gasteiger partial charge in [-0.15, -0.1) is 0 Å². The molecule has 1 rings (SSSR count). The number of para-hydroxylation sites is 1. The molecule has 17 heavy (non-hydrogen) atoms. The number of allylic oxidation sites excluding steroid dienone is 3. The first-order chi connectivity index (χ1) is 8.19. The summed E-state index contributed by atoms with van der Waals surface area (Å²) < 4.78 is 5.74. The Balaban J connectivity index is 0.00000121. The second-order valence-corrected chi connectivity index (χ2v) is 3.32. The zero-order valence-electron chi connectivity index (χ0n) is 11.3. The quantitative estimate of drug-likeness (QED) is 0.519. The van der Waals surface area contributed by atoms with Gasteiger partial charge in [0, 0.05) is 0 Å². The maximum atomic E-state index is 5.74. The molecule has 0 aliphatic rings. The second kappa shape index (κ2) is 8.40. The van der Waals surface area contributed by atoms with Crippen molar-refractivity contribution in [1.29, 1.82) is 0 Å². The molecule has 0 saturated heterocycles. The summed E-state index contributed by atoms with van der Waals surface area (Å²) in [6.07, 6.45) is 3.46. The molecule has 0 spiro atoms. The van der Waals surface area contributed by atoms with Crippen molar-refractivity contribution in [2.24, 2.45) is 0 Å². The van der Waals surface area contributed by atoms with Gasteiger partial charge in [-0.05, 0) is 37.1 Å². The van der Waals surface area contributed by atoms with Gasteiger partial charge >= 0.3 is 0 Å². The SMILES string of the molecule is C=C/C(C)=C(\C=C)Oc1ccccc1C.CC. The first-order valence-corrected chi connectivity index (χ1v) is 5.88. The fourth-order valence-corrected chi connectivity index (χ4v) is 1.17. The van der Waals surface area contributed by atoms with E-state index in [4.69, 9.17) is 4.74 Å². The van der Waals surface area contributed by atoms with E-state index in [9.17, 15) is 0 Å². The molecule has 1 heteroatoms. The predicted octanol–water partition coefficient (Wildman–Crippen LogP) is 5.05. The van der Waals surface area contributed by atoms with E-state index >= 15 is 0 Å². The van der Waals surface area contributed by atoms with E-state index < -0.39 is 0 Å². The summed E-state index contributed by atoms with van der Waals surface area (Å²) in [5.41, 5.74) is 2.09. The van der Waals surface area contributed by atoms with E-state index in [2.05, 4.69) is 13.2 Å². The molecule has 0 bridgehead atoms. The van der Waals surface area contributed by atoms with Crippen LogP contribution in [0.2, 0.25) is 0 Å². The topological polar surface area (TPSA) is 9.23 Å². The molecule has 0 aliphatic carbocycles. The number of benzene rings is 1. The van der Waals surface area contributed by atoms with Gasteiger partial charge in [0.2, 0.25) is 0 Å². The van der Waals surface area contributed by atoms with Crippen LogP contribution in [0.3, 0.4) is 0 Å². The average molecular weight is 230 g/mol. The smallest absolute Gasteiger partial charge is 0.130 e. The Hall–Kier alpha value is -1.76. The van der Waals surface area contributed by atoms with Crippen molar-refractivity contribution in [2.75, 3.05) is 0 Å². The van der Waals surface area contributed by atoms with E-state index in [0.29, 0.717) is 0 Å². The number of ether oxygens (including phenoxy) is 1. The van der Waals surface area contributed by atoms with Crippen LogP contribution in [0.4, 0.5) is 0 Å². The molecule has 1 aromatic rings. The van der Waals surface area contributed by atoms with Crippen molar-refractivity contribution in [2.45, 2.75) is 27.7 Å². The molecule has 0 fully saturated rings. The molecular formula is C16H22O. The Morgan fingerprint density at radius 1 is 1.12 bits per heavy atom. The van der Waals surface area contributed by atoms with Crippen LogP contribution in [-0.2, 0) is 0 Å². The predicted molar refractivity (Wildman–Crippen MR) is 76.2 cm³/mol. The van der Waals surface area contributed by atoms with Gasteiger partial charge in [0.1, 0.15) is 11.5 Å². The average Bonchev–Trinajstić information content (AvgIpc) is 2.39. The summed E-state index contributed by atoms with van der Waals surface area (Å²) in [7, 11) is 0. The minimum absolute atomic E-state index is 0.749. The van der Waals surface area contributed by atoms with Crippen LogP contribution in [0, 0.1) is 6.92 Å². The van der Waals surface area contributed by atoms with Gasteiger partial charge in [-0.25, -0.2) is 0 Å². The maximum absolute atomic E-state index is 5.74. The van der Waals surface area contributed by atoms with Crippen molar-refractivity contribution in [1.82, 2.24) is 0 Å². The molecule has 0 amide bonds. The number of hydrogen-bond donors (Lipinski definition) is 0. The van der Waals surface area contributed by atoms with Crippen molar-refractivity contribution >= 4 is 0 Å². The molecule has 0 saturated carbocycles. The van der Waals surface area contributed by atoms with Crippen molar-refractivity contribution in [3.8, 4) is 5.75 Å². The molecule has 0 heterocycles. The molecule has 0 radical (unpaired) electrons. The molecule has 1 nitrogen and oxygen atoms in total. The van der Waals surface area contributed by atoms with Gasteiger partial charge in [0.05, 0.1) is 0 Å². The standard InChI is InChI=1S/C14H16O.C2H6/c1-5-11(3)13(6-2)15-14-10-8-7-9-12(14)4;1-2/h5-10H,1-2H2,3-4H3;1-2H3/b13-11+;. The van der Waals surface area contributed by atoms with Crippen LogP contribution >= 0.6 is 0 Å². The monoisotopic (exact) mass is 230 g/mol. The lowest BCUT2D eigenvalue weighted by Gasteiger charge is -2.10. The molecule has 0 aromatic heterocycles. The molecule has 1 aromatic carbocycles. The first-order valence-electron chi connectivity index (χ1n) is 5.88.